The second kappa shape index (κ2) is 11.8. The molecule has 0 bridgehead atoms. The molecule has 5 rings (SSSR count). The van der Waals surface area contributed by atoms with Gasteiger partial charge in [-0.1, -0.05) is 35.1 Å². The quantitative estimate of drug-likeness (QED) is 0.276. The molecule has 0 saturated carbocycles. The predicted molar refractivity (Wildman–Crippen MR) is 141 cm³/mol. The van der Waals surface area contributed by atoms with Gasteiger partial charge in [0.1, 0.15) is 56.5 Å². The number of aromatic nitrogens is 1. The lowest BCUT2D eigenvalue weighted by Crippen LogP contribution is -2.30. The second-order valence-electron chi connectivity index (χ2n) is 8.81. The highest BCUT2D eigenvalue weighted by Crippen LogP contribution is 2.45. The molecule has 1 aliphatic heterocycles. The molecule has 0 fully saturated rings. The van der Waals surface area contributed by atoms with E-state index in [1.165, 1.54) is 24.3 Å². The van der Waals surface area contributed by atoms with Gasteiger partial charge in [0, 0.05) is 29.3 Å². The molecule has 1 aliphatic rings. The van der Waals surface area contributed by atoms with Gasteiger partial charge < -0.3 is 14.6 Å². The Kier molecular flexibility index (Phi) is 8.06. The SMILES string of the molecule is Cc1cc(CNC(=O)COc2ccccc2C2SC(c3ccc(F)cc3)=NN2C(=O)c2c(F)cc(F)cc2F)no1. The summed E-state index contributed by atoms with van der Waals surface area (Å²) in [5.74, 6) is -5.32. The number of para-hydroxylation sites is 1. The Hall–Kier alpha value is -4.65. The minimum atomic E-state index is -1.40. The highest BCUT2D eigenvalue weighted by Gasteiger charge is 2.38. The molecule has 0 spiro atoms. The van der Waals surface area contributed by atoms with Crippen molar-refractivity contribution in [2.75, 3.05) is 6.61 Å². The Morgan fingerprint density at radius 2 is 1.71 bits per heavy atom. The molecule has 4 aromatic rings. The molecule has 1 unspecified atom stereocenters. The number of hydrogen-bond donors (Lipinski definition) is 1. The van der Waals surface area contributed by atoms with Crippen molar-refractivity contribution in [3.63, 3.8) is 0 Å². The Bertz CT molecular complexity index is 1620. The maximum absolute atomic E-state index is 14.6. The molecule has 210 valence electrons. The van der Waals surface area contributed by atoms with Crippen molar-refractivity contribution < 1.29 is 36.4 Å². The Balaban J connectivity index is 1.42. The fourth-order valence-electron chi connectivity index (χ4n) is 3.96. The van der Waals surface area contributed by atoms with E-state index in [4.69, 9.17) is 9.26 Å². The molecular formula is C28H20F4N4O4S. The summed E-state index contributed by atoms with van der Waals surface area (Å²) in [5.41, 5.74) is 0.327. The second-order valence-corrected chi connectivity index (χ2v) is 9.88. The number of halogens is 4. The van der Waals surface area contributed by atoms with E-state index in [0.717, 1.165) is 16.8 Å². The first-order valence-electron chi connectivity index (χ1n) is 12.1. The monoisotopic (exact) mass is 584 g/mol. The number of hydrazone groups is 1. The number of nitrogens with one attached hydrogen (secondary N) is 1. The van der Waals surface area contributed by atoms with Crippen LogP contribution in [0.25, 0.3) is 0 Å². The van der Waals surface area contributed by atoms with Crippen molar-refractivity contribution in [3.8, 4) is 5.75 Å². The number of thioether (sulfide) groups is 1. The topological polar surface area (TPSA) is 97.0 Å². The average Bonchev–Trinajstić information content (AvgIpc) is 3.57. The minimum absolute atomic E-state index is 0.117. The predicted octanol–water partition coefficient (Wildman–Crippen LogP) is 5.48. The van der Waals surface area contributed by atoms with Gasteiger partial charge in [-0.05, 0) is 37.3 Å². The van der Waals surface area contributed by atoms with Crippen LogP contribution in [0.3, 0.4) is 0 Å². The molecule has 0 saturated heterocycles. The van der Waals surface area contributed by atoms with Crippen molar-refractivity contribution in [1.82, 2.24) is 15.5 Å². The maximum atomic E-state index is 14.6. The first-order chi connectivity index (χ1) is 19.7. The van der Waals surface area contributed by atoms with Gasteiger partial charge in [0.2, 0.25) is 0 Å². The van der Waals surface area contributed by atoms with Gasteiger partial charge in [-0.2, -0.15) is 5.10 Å². The summed E-state index contributed by atoms with van der Waals surface area (Å²) in [7, 11) is 0. The molecule has 2 heterocycles. The van der Waals surface area contributed by atoms with E-state index in [1.54, 1.807) is 37.3 Å². The molecule has 0 radical (unpaired) electrons. The number of hydrogen-bond acceptors (Lipinski definition) is 7. The standard InChI is InChI=1S/C28H20F4N4O4S/c1-15-10-19(35-40-15)13-33-24(37)14-39-23-5-3-2-4-20(23)28-36(27(38)25-21(31)11-18(30)12-22(25)32)34-26(41-28)16-6-8-17(29)9-7-16/h2-12,28H,13-14H2,1H3,(H,33,37). The smallest absolute Gasteiger partial charge is 0.281 e. The maximum Gasteiger partial charge on any atom is 0.281 e. The zero-order chi connectivity index (χ0) is 29.1. The van der Waals surface area contributed by atoms with Gasteiger partial charge in [-0.15, -0.1) is 0 Å². The molecule has 41 heavy (non-hydrogen) atoms. The third kappa shape index (κ3) is 6.24. The zero-order valence-corrected chi connectivity index (χ0v) is 22.1. The third-order valence-corrected chi connectivity index (χ3v) is 7.07. The van der Waals surface area contributed by atoms with Gasteiger partial charge in [-0.25, -0.2) is 22.6 Å². The summed E-state index contributed by atoms with van der Waals surface area (Å²) in [4.78, 5) is 25.9. The summed E-state index contributed by atoms with van der Waals surface area (Å²) in [6.07, 6.45) is 0. The van der Waals surface area contributed by atoms with Crippen LogP contribution in [-0.4, -0.2) is 33.6 Å². The fraction of sp³-hybridized carbons (Fsp3) is 0.143. The van der Waals surface area contributed by atoms with Crippen LogP contribution in [-0.2, 0) is 11.3 Å². The number of aryl methyl sites for hydroxylation is 1. The van der Waals surface area contributed by atoms with Crippen LogP contribution in [0.1, 0.15) is 38.3 Å². The zero-order valence-electron chi connectivity index (χ0n) is 21.2. The lowest BCUT2D eigenvalue weighted by atomic mass is 10.1. The summed E-state index contributed by atoms with van der Waals surface area (Å²) < 4.78 is 67.0. The van der Waals surface area contributed by atoms with E-state index < -0.39 is 52.6 Å². The summed E-state index contributed by atoms with van der Waals surface area (Å²) in [6.45, 7) is 1.44. The lowest BCUT2D eigenvalue weighted by Gasteiger charge is -2.23. The molecule has 0 aliphatic carbocycles. The minimum Gasteiger partial charge on any atom is -0.483 e. The molecule has 1 atom stereocenters. The van der Waals surface area contributed by atoms with Gasteiger partial charge in [0.05, 0.1) is 6.54 Å². The molecular weight excluding hydrogens is 564 g/mol. The largest absolute Gasteiger partial charge is 0.483 e. The normalized spacial score (nSPS) is 14.6. The van der Waals surface area contributed by atoms with Gasteiger partial charge in [0.15, 0.2) is 6.61 Å². The van der Waals surface area contributed by atoms with Crippen LogP contribution in [0.2, 0.25) is 0 Å². The summed E-state index contributed by atoms with van der Waals surface area (Å²) in [6, 6.07) is 14.2. The van der Waals surface area contributed by atoms with E-state index in [0.29, 0.717) is 34.7 Å². The molecule has 3 aromatic carbocycles. The molecule has 1 N–H and O–H groups in total. The fourth-order valence-corrected chi connectivity index (χ4v) is 5.14. The van der Waals surface area contributed by atoms with Gasteiger partial charge in [0.25, 0.3) is 11.8 Å². The van der Waals surface area contributed by atoms with E-state index in [-0.39, 0.29) is 17.3 Å². The van der Waals surface area contributed by atoms with Crippen LogP contribution in [0.4, 0.5) is 17.6 Å². The van der Waals surface area contributed by atoms with Crippen LogP contribution in [0, 0.1) is 30.2 Å². The van der Waals surface area contributed by atoms with Gasteiger partial charge in [-0.3, -0.25) is 9.59 Å². The Labute approximate surface area is 235 Å². The number of carbonyl (C=O) groups is 2. The van der Waals surface area contributed by atoms with Crippen molar-refractivity contribution >= 4 is 28.6 Å². The molecule has 2 amide bonds. The van der Waals surface area contributed by atoms with E-state index in [9.17, 15) is 27.2 Å². The first-order valence-corrected chi connectivity index (χ1v) is 13.0. The number of carbonyl (C=O) groups excluding carboxylic acids is 2. The molecule has 1 aromatic heterocycles. The number of rotatable bonds is 8. The number of ether oxygens (including phenoxy) is 1. The number of amides is 2. The highest BCUT2D eigenvalue weighted by molar-refractivity contribution is 8.14. The van der Waals surface area contributed by atoms with Crippen molar-refractivity contribution in [2.45, 2.75) is 18.8 Å². The third-order valence-electron chi connectivity index (χ3n) is 5.85. The summed E-state index contributed by atoms with van der Waals surface area (Å²) >= 11 is 1.04. The Morgan fingerprint density at radius 1 is 1.00 bits per heavy atom. The van der Waals surface area contributed by atoms with Crippen LogP contribution < -0.4 is 10.1 Å². The van der Waals surface area contributed by atoms with Crippen LogP contribution in [0.5, 0.6) is 5.75 Å². The Morgan fingerprint density at radius 3 is 2.39 bits per heavy atom. The van der Waals surface area contributed by atoms with Crippen molar-refractivity contribution in [2.24, 2.45) is 5.10 Å². The molecule has 13 heteroatoms. The first kappa shape index (κ1) is 27.9. The van der Waals surface area contributed by atoms with Crippen molar-refractivity contribution in [3.05, 3.63) is 118 Å². The van der Waals surface area contributed by atoms with Crippen LogP contribution in [0.15, 0.2) is 76.4 Å². The van der Waals surface area contributed by atoms with Crippen molar-refractivity contribution in [1.29, 1.82) is 0 Å². The average molecular weight is 585 g/mol. The number of benzene rings is 3. The number of nitrogens with zero attached hydrogens (tertiary/aromatic N) is 3. The van der Waals surface area contributed by atoms with Gasteiger partial charge >= 0.3 is 0 Å². The summed E-state index contributed by atoms with van der Waals surface area (Å²) in [5, 5.41) is 10.8. The highest BCUT2D eigenvalue weighted by atomic mass is 32.2. The van der Waals surface area contributed by atoms with Crippen LogP contribution >= 0.6 is 11.8 Å². The molecule has 8 nitrogen and oxygen atoms in total. The van der Waals surface area contributed by atoms with E-state index in [2.05, 4.69) is 15.6 Å². The lowest BCUT2D eigenvalue weighted by molar-refractivity contribution is -0.123. The van der Waals surface area contributed by atoms with E-state index >= 15 is 0 Å². The van der Waals surface area contributed by atoms with E-state index in [1.807, 2.05) is 0 Å².